The van der Waals surface area contributed by atoms with E-state index >= 15 is 0 Å². The zero-order valence-corrected chi connectivity index (χ0v) is 12.2. The monoisotopic (exact) mass is 286 g/mol. The van der Waals surface area contributed by atoms with E-state index in [9.17, 15) is 9.59 Å². The summed E-state index contributed by atoms with van der Waals surface area (Å²) < 4.78 is 15.4. The zero-order chi connectivity index (χ0) is 15.5. The van der Waals surface area contributed by atoms with Crippen molar-refractivity contribution in [1.29, 1.82) is 0 Å². The van der Waals surface area contributed by atoms with Gasteiger partial charge in [-0.2, -0.15) is 0 Å². The fraction of sp³-hybridized carbons (Fsp3) is 0.571. The Balaban J connectivity index is 4.22. The summed E-state index contributed by atoms with van der Waals surface area (Å²) in [6, 6.07) is 0. The van der Waals surface area contributed by atoms with Crippen LogP contribution in [0.1, 0.15) is 27.2 Å². The van der Waals surface area contributed by atoms with Gasteiger partial charge >= 0.3 is 11.9 Å². The molecule has 0 fully saturated rings. The van der Waals surface area contributed by atoms with Crippen molar-refractivity contribution < 1.29 is 28.9 Å². The van der Waals surface area contributed by atoms with Gasteiger partial charge < -0.3 is 19.3 Å². The number of carbonyl (C=O) groups excluding carboxylic acids is 1. The van der Waals surface area contributed by atoms with Crippen LogP contribution in [-0.2, 0) is 23.8 Å². The van der Waals surface area contributed by atoms with E-state index in [1.807, 2.05) is 13.8 Å². The van der Waals surface area contributed by atoms with Gasteiger partial charge in [-0.05, 0) is 27.2 Å². The number of carboxylic acids is 1. The van der Waals surface area contributed by atoms with Gasteiger partial charge in [0.05, 0.1) is 0 Å². The molecule has 0 radical (unpaired) electrons. The van der Waals surface area contributed by atoms with Crippen LogP contribution in [0.5, 0.6) is 0 Å². The third-order valence-corrected chi connectivity index (χ3v) is 2.34. The quantitative estimate of drug-likeness (QED) is 0.375. The molecule has 0 aromatic carbocycles. The van der Waals surface area contributed by atoms with E-state index < -0.39 is 18.2 Å². The van der Waals surface area contributed by atoms with Gasteiger partial charge in [0.1, 0.15) is 6.61 Å². The molecule has 0 aliphatic carbocycles. The summed E-state index contributed by atoms with van der Waals surface area (Å²) in [6.07, 6.45) is 0.942. The molecule has 0 spiro atoms. The second-order valence-electron chi connectivity index (χ2n) is 3.94. The highest BCUT2D eigenvalue weighted by Crippen LogP contribution is 2.07. The first-order valence-electron chi connectivity index (χ1n) is 6.40. The molecule has 6 heteroatoms. The molecular formula is C14H22O6. The smallest absolute Gasteiger partial charge is 0.333 e. The minimum atomic E-state index is -1.03. The van der Waals surface area contributed by atoms with Crippen molar-refractivity contribution in [3.05, 3.63) is 23.8 Å². The number of carboxylic acid groups (broad SMARTS) is 1. The molecule has 1 N–H and O–H groups in total. The number of allylic oxidation sites excluding steroid dienone is 1. The molecule has 0 aliphatic heterocycles. The number of esters is 1. The second kappa shape index (κ2) is 10.2. The summed E-state index contributed by atoms with van der Waals surface area (Å²) in [6.45, 7) is 9.50. The lowest BCUT2D eigenvalue weighted by molar-refractivity contribution is -0.177. The maximum Gasteiger partial charge on any atom is 0.333 e. The Labute approximate surface area is 119 Å². The highest BCUT2D eigenvalue weighted by molar-refractivity contribution is 5.89. The van der Waals surface area contributed by atoms with Gasteiger partial charge in [-0.15, -0.1) is 0 Å². The van der Waals surface area contributed by atoms with Crippen molar-refractivity contribution in [1.82, 2.24) is 0 Å². The predicted octanol–water partition coefficient (Wildman–Crippen LogP) is 1.91. The van der Waals surface area contributed by atoms with Crippen LogP contribution in [0.4, 0.5) is 0 Å². The Morgan fingerprint density at radius 1 is 1.25 bits per heavy atom. The van der Waals surface area contributed by atoms with Crippen molar-refractivity contribution in [3.8, 4) is 0 Å². The molecular weight excluding hydrogens is 264 g/mol. The Hall–Kier alpha value is -1.66. The molecule has 0 aliphatic rings. The molecule has 114 valence electrons. The minimum absolute atomic E-state index is 0.0266. The van der Waals surface area contributed by atoms with E-state index in [1.165, 1.54) is 13.0 Å². The molecule has 0 aromatic heterocycles. The van der Waals surface area contributed by atoms with Gasteiger partial charge in [0.25, 0.3) is 0 Å². The Morgan fingerprint density at radius 2 is 1.80 bits per heavy atom. The molecule has 0 atom stereocenters. The molecule has 0 rings (SSSR count). The average Bonchev–Trinajstić information content (AvgIpc) is 2.41. The van der Waals surface area contributed by atoms with Crippen LogP contribution in [0, 0.1) is 0 Å². The fourth-order valence-electron chi connectivity index (χ4n) is 1.21. The van der Waals surface area contributed by atoms with Crippen molar-refractivity contribution >= 4 is 11.9 Å². The summed E-state index contributed by atoms with van der Waals surface area (Å²) in [7, 11) is 0. The van der Waals surface area contributed by atoms with E-state index in [0.29, 0.717) is 13.2 Å². The molecule has 6 nitrogen and oxygen atoms in total. The standard InChI is InChI=1S/C14H22O6/c1-5-18-12(19-6-2)9-20-14(17)11(4)8-7-10(3)13(15)16/h7,12H,4-6,8-9H2,1-3H3,(H,15,16). The lowest BCUT2D eigenvalue weighted by Crippen LogP contribution is -2.25. The first-order chi connectivity index (χ1) is 9.42. The predicted molar refractivity (Wildman–Crippen MR) is 73.1 cm³/mol. The zero-order valence-electron chi connectivity index (χ0n) is 12.2. The normalized spacial score (nSPS) is 11.5. The molecule has 0 aromatic rings. The van der Waals surface area contributed by atoms with Crippen molar-refractivity contribution in [2.45, 2.75) is 33.5 Å². The summed E-state index contributed by atoms with van der Waals surface area (Å²) in [5.74, 6) is -1.62. The molecule has 0 saturated heterocycles. The lowest BCUT2D eigenvalue weighted by atomic mass is 10.1. The second-order valence-corrected chi connectivity index (χ2v) is 3.94. The highest BCUT2D eigenvalue weighted by Gasteiger charge is 2.14. The van der Waals surface area contributed by atoms with Gasteiger partial charge in [-0.25, -0.2) is 9.59 Å². The minimum Gasteiger partial charge on any atom is -0.478 e. The molecule has 0 unspecified atom stereocenters. The third kappa shape index (κ3) is 7.70. The van der Waals surface area contributed by atoms with Gasteiger partial charge in [0.2, 0.25) is 0 Å². The Bertz CT molecular complexity index is 366. The van der Waals surface area contributed by atoms with E-state index in [0.717, 1.165) is 0 Å². The lowest BCUT2D eigenvalue weighted by Gasteiger charge is -2.16. The first kappa shape index (κ1) is 18.3. The Morgan fingerprint density at radius 3 is 2.25 bits per heavy atom. The molecule has 0 amide bonds. The van der Waals surface area contributed by atoms with Crippen LogP contribution in [0.25, 0.3) is 0 Å². The van der Waals surface area contributed by atoms with Gasteiger partial charge in [-0.1, -0.05) is 12.7 Å². The van der Waals surface area contributed by atoms with Crippen LogP contribution in [0.15, 0.2) is 23.8 Å². The third-order valence-electron chi connectivity index (χ3n) is 2.34. The van der Waals surface area contributed by atoms with Gasteiger partial charge in [-0.3, -0.25) is 0 Å². The number of ether oxygens (including phenoxy) is 3. The molecule has 0 saturated carbocycles. The number of carbonyl (C=O) groups is 2. The summed E-state index contributed by atoms with van der Waals surface area (Å²) in [5, 5.41) is 8.68. The van der Waals surface area contributed by atoms with Crippen LogP contribution in [0.3, 0.4) is 0 Å². The van der Waals surface area contributed by atoms with Crippen molar-refractivity contribution in [2.75, 3.05) is 19.8 Å². The van der Waals surface area contributed by atoms with Gasteiger partial charge in [0, 0.05) is 24.4 Å². The SMILES string of the molecule is C=C(CC=C(C)C(=O)O)C(=O)OCC(OCC)OCC. The van der Waals surface area contributed by atoms with E-state index in [4.69, 9.17) is 19.3 Å². The maximum absolute atomic E-state index is 11.6. The van der Waals surface area contributed by atoms with Crippen molar-refractivity contribution in [3.63, 3.8) is 0 Å². The number of rotatable bonds is 10. The van der Waals surface area contributed by atoms with E-state index in [1.54, 1.807) is 0 Å². The average molecular weight is 286 g/mol. The fourth-order valence-corrected chi connectivity index (χ4v) is 1.21. The number of hydrogen-bond donors (Lipinski definition) is 1. The molecule has 0 heterocycles. The number of aliphatic carboxylic acids is 1. The first-order valence-corrected chi connectivity index (χ1v) is 6.40. The van der Waals surface area contributed by atoms with Gasteiger partial charge in [0.15, 0.2) is 6.29 Å². The molecule has 0 bridgehead atoms. The van der Waals surface area contributed by atoms with Crippen molar-refractivity contribution in [2.24, 2.45) is 0 Å². The van der Waals surface area contributed by atoms with Crippen LogP contribution in [-0.4, -0.2) is 43.2 Å². The summed E-state index contributed by atoms with van der Waals surface area (Å²) >= 11 is 0. The maximum atomic E-state index is 11.6. The summed E-state index contributed by atoms with van der Waals surface area (Å²) in [4.78, 5) is 22.2. The van der Waals surface area contributed by atoms with Crippen LogP contribution in [0.2, 0.25) is 0 Å². The van der Waals surface area contributed by atoms with Crippen LogP contribution >= 0.6 is 0 Å². The van der Waals surface area contributed by atoms with Crippen LogP contribution < -0.4 is 0 Å². The van der Waals surface area contributed by atoms with E-state index in [-0.39, 0.29) is 24.2 Å². The largest absolute Gasteiger partial charge is 0.478 e. The summed E-state index contributed by atoms with van der Waals surface area (Å²) in [5.41, 5.74) is 0.331. The van der Waals surface area contributed by atoms with E-state index in [2.05, 4.69) is 6.58 Å². The Kier molecular flexibility index (Phi) is 9.32. The topological polar surface area (TPSA) is 82.1 Å². The molecule has 20 heavy (non-hydrogen) atoms. The number of hydrogen-bond acceptors (Lipinski definition) is 5. The highest BCUT2D eigenvalue weighted by atomic mass is 16.7.